The number of nitrogens with zero attached hydrogens (tertiary/aromatic N) is 2. The Hall–Kier alpha value is -1.00. The van der Waals surface area contributed by atoms with Gasteiger partial charge >= 0.3 is 0 Å². The summed E-state index contributed by atoms with van der Waals surface area (Å²) in [5.41, 5.74) is 7.24. The molecule has 0 radical (unpaired) electrons. The van der Waals surface area contributed by atoms with E-state index in [9.17, 15) is 0 Å². The second kappa shape index (κ2) is 4.89. The van der Waals surface area contributed by atoms with Gasteiger partial charge in [0.15, 0.2) is 5.82 Å². The van der Waals surface area contributed by atoms with E-state index in [1.54, 1.807) is 7.11 Å². The molecule has 0 saturated carbocycles. The van der Waals surface area contributed by atoms with Crippen LogP contribution in [0, 0.1) is 6.92 Å². The molecule has 1 rings (SSSR count). The maximum Gasteiger partial charge on any atom is 0.160 e. The molecule has 1 aromatic heterocycles. The first-order valence-electron chi connectivity index (χ1n) is 5.51. The molecule has 0 aliphatic carbocycles. The van der Waals surface area contributed by atoms with E-state index in [4.69, 9.17) is 10.5 Å². The number of methoxy groups -OCH3 is 1. The van der Waals surface area contributed by atoms with Crippen molar-refractivity contribution in [2.75, 3.05) is 7.11 Å². The molecule has 90 valence electrons. The number of aryl methyl sites for hydroxylation is 1. The molecule has 0 aromatic carbocycles. The summed E-state index contributed by atoms with van der Waals surface area (Å²) in [6, 6.07) is 2.08. The number of rotatable bonds is 4. The molecule has 0 amide bonds. The molecule has 1 unspecified atom stereocenters. The molecule has 16 heavy (non-hydrogen) atoms. The van der Waals surface area contributed by atoms with Gasteiger partial charge in [-0.15, -0.1) is 0 Å². The first kappa shape index (κ1) is 13.1. The van der Waals surface area contributed by atoms with Crippen molar-refractivity contribution in [2.45, 2.75) is 45.8 Å². The van der Waals surface area contributed by atoms with Crippen LogP contribution in [0.5, 0.6) is 0 Å². The highest BCUT2D eigenvalue weighted by Gasteiger charge is 2.23. The van der Waals surface area contributed by atoms with Gasteiger partial charge in [-0.25, -0.2) is 9.97 Å². The summed E-state index contributed by atoms with van der Waals surface area (Å²) >= 11 is 0. The van der Waals surface area contributed by atoms with Crippen molar-refractivity contribution in [1.29, 1.82) is 0 Å². The zero-order chi connectivity index (χ0) is 12.3. The second-order valence-corrected chi connectivity index (χ2v) is 4.72. The fourth-order valence-electron chi connectivity index (χ4n) is 1.43. The normalized spacial score (nSPS) is 13.9. The van der Waals surface area contributed by atoms with Gasteiger partial charge in [0.1, 0.15) is 5.60 Å². The van der Waals surface area contributed by atoms with Crippen LogP contribution >= 0.6 is 0 Å². The van der Waals surface area contributed by atoms with Gasteiger partial charge in [-0.3, -0.25) is 0 Å². The number of hydrogen-bond acceptors (Lipinski definition) is 4. The minimum Gasteiger partial charge on any atom is -0.371 e. The molecule has 0 aliphatic rings. The van der Waals surface area contributed by atoms with Crippen LogP contribution in [0.3, 0.4) is 0 Å². The minimum atomic E-state index is -0.460. The molecular weight excluding hydrogens is 202 g/mol. The highest BCUT2D eigenvalue weighted by atomic mass is 16.5. The smallest absolute Gasteiger partial charge is 0.160 e. The molecule has 0 spiro atoms. The van der Waals surface area contributed by atoms with Crippen LogP contribution in [0.1, 0.15) is 38.0 Å². The van der Waals surface area contributed by atoms with Gasteiger partial charge in [0.25, 0.3) is 0 Å². The van der Waals surface area contributed by atoms with E-state index in [0.717, 1.165) is 17.8 Å². The Morgan fingerprint density at radius 3 is 2.56 bits per heavy atom. The zero-order valence-electron chi connectivity index (χ0n) is 10.7. The summed E-state index contributed by atoms with van der Waals surface area (Å²) in [6.07, 6.45) is 0.760. The third-order valence-corrected chi connectivity index (χ3v) is 2.49. The molecule has 4 heteroatoms. The molecular formula is C12H21N3O. The average Bonchev–Trinajstić information content (AvgIpc) is 2.15. The van der Waals surface area contributed by atoms with E-state index in [1.807, 2.05) is 33.8 Å². The van der Waals surface area contributed by atoms with Crippen LogP contribution in [0.15, 0.2) is 6.07 Å². The Kier molecular flexibility index (Phi) is 3.99. The Bertz CT molecular complexity index is 361. The van der Waals surface area contributed by atoms with E-state index in [2.05, 4.69) is 9.97 Å². The van der Waals surface area contributed by atoms with Gasteiger partial charge in [-0.05, 0) is 33.8 Å². The van der Waals surface area contributed by atoms with E-state index >= 15 is 0 Å². The monoisotopic (exact) mass is 223 g/mol. The van der Waals surface area contributed by atoms with Gasteiger partial charge < -0.3 is 10.5 Å². The van der Waals surface area contributed by atoms with Gasteiger partial charge in [0.2, 0.25) is 0 Å². The van der Waals surface area contributed by atoms with Crippen LogP contribution in [0.2, 0.25) is 0 Å². The van der Waals surface area contributed by atoms with Gasteiger partial charge in [-0.1, -0.05) is 0 Å². The van der Waals surface area contributed by atoms with Gasteiger partial charge in [-0.2, -0.15) is 0 Å². The number of nitrogens with two attached hydrogens (primary N) is 1. The van der Waals surface area contributed by atoms with E-state index in [-0.39, 0.29) is 6.04 Å². The summed E-state index contributed by atoms with van der Waals surface area (Å²) in [4.78, 5) is 8.91. The number of ether oxygens (including phenoxy) is 1. The molecule has 0 aliphatic heterocycles. The lowest BCUT2D eigenvalue weighted by molar-refractivity contribution is 0.0111. The van der Waals surface area contributed by atoms with Crippen molar-refractivity contribution in [3.05, 3.63) is 23.3 Å². The summed E-state index contributed by atoms with van der Waals surface area (Å²) in [6.45, 7) is 7.84. The predicted octanol–water partition coefficient (Wildman–Crippen LogP) is 1.56. The van der Waals surface area contributed by atoms with Crippen LogP contribution in [0.4, 0.5) is 0 Å². The maximum atomic E-state index is 5.77. The maximum absolute atomic E-state index is 5.77. The van der Waals surface area contributed by atoms with Crippen LogP contribution in [-0.4, -0.2) is 23.1 Å². The van der Waals surface area contributed by atoms with E-state index < -0.39 is 5.60 Å². The van der Waals surface area contributed by atoms with Crippen molar-refractivity contribution < 1.29 is 4.74 Å². The zero-order valence-corrected chi connectivity index (χ0v) is 10.7. The molecule has 4 nitrogen and oxygen atoms in total. The highest BCUT2D eigenvalue weighted by Crippen LogP contribution is 2.20. The van der Waals surface area contributed by atoms with Crippen molar-refractivity contribution in [2.24, 2.45) is 5.73 Å². The Balaban J connectivity index is 3.07. The summed E-state index contributed by atoms with van der Waals surface area (Å²) < 4.78 is 5.38. The lowest BCUT2D eigenvalue weighted by Gasteiger charge is -2.22. The second-order valence-electron chi connectivity index (χ2n) is 4.72. The average molecular weight is 223 g/mol. The summed E-state index contributed by atoms with van der Waals surface area (Å²) in [5, 5.41) is 0. The van der Waals surface area contributed by atoms with Crippen molar-refractivity contribution in [3.63, 3.8) is 0 Å². The van der Waals surface area contributed by atoms with Gasteiger partial charge in [0, 0.05) is 31.0 Å². The SMILES string of the molecule is COC(C)(C)c1nc(C)cc(CC(C)N)n1. The Morgan fingerprint density at radius 1 is 1.44 bits per heavy atom. The number of aromatic nitrogens is 2. The minimum absolute atomic E-state index is 0.104. The first-order valence-corrected chi connectivity index (χ1v) is 5.51. The third kappa shape index (κ3) is 3.25. The highest BCUT2D eigenvalue weighted by molar-refractivity contribution is 5.14. The van der Waals surface area contributed by atoms with Crippen LogP contribution in [0.25, 0.3) is 0 Å². The fourth-order valence-corrected chi connectivity index (χ4v) is 1.43. The Labute approximate surface area is 97.2 Å². The molecule has 1 heterocycles. The molecule has 0 fully saturated rings. The quantitative estimate of drug-likeness (QED) is 0.841. The van der Waals surface area contributed by atoms with E-state index in [1.165, 1.54) is 0 Å². The van der Waals surface area contributed by atoms with E-state index in [0.29, 0.717) is 5.82 Å². The van der Waals surface area contributed by atoms with Crippen molar-refractivity contribution in [1.82, 2.24) is 9.97 Å². The molecule has 2 N–H and O–H groups in total. The predicted molar refractivity (Wildman–Crippen MR) is 64.2 cm³/mol. The lowest BCUT2D eigenvalue weighted by Crippen LogP contribution is -2.25. The molecule has 0 bridgehead atoms. The first-order chi connectivity index (χ1) is 7.35. The van der Waals surface area contributed by atoms with Crippen molar-refractivity contribution in [3.8, 4) is 0 Å². The fraction of sp³-hybridized carbons (Fsp3) is 0.667. The van der Waals surface area contributed by atoms with Crippen LogP contribution < -0.4 is 5.73 Å². The molecule has 0 saturated heterocycles. The summed E-state index contributed by atoms with van der Waals surface area (Å²) in [5.74, 6) is 0.714. The summed E-state index contributed by atoms with van der Waals surface area (Å²) in [7, 11) is 1.66. The number of hydrogen-bond donors (Lipinski definition) is 1. The molecule has 1 atom stereocenters. The topological polar surface area (TPSA) is 61.0 Å². The lowest BCUT2D eigenvalue weighted by atomic mass is 10.1. The van der Waals surface area contributed by atoms with Crippen LogP contribution in [-0.2, 0) is 16.8 Å². The van der Waals surface area contributed by atoms with Gasteiger partial charge in [0.05, 0.1) is 0 Å². The Morgan fingerprint density at radius 2 is 2.06 bits per heavy atom. The third-order valence-electron chi connectivity index (χ3n) is 2.49. The largest absolute Gasteiger partial charge is 0.371 e. The van der Waals surface area contributed by atoms with Crippen molar-refractivity contribution >= 4 is 0 Å². The standard InChI is InChI=1S/C12H21N3O/c1-8(13)6-10-7-9(2)14-11(15-10)12(3,4)16-5/h7-8H,6,13H2,1-5H3. The molecule has 1 aromatic rings.